The van der Waals surface area contributed by atoms with Gasteiger partial charge in [-0.15, -0.1) is 0 Å². The summed E-state index contributed by atoms with van der Waals surface area (Å²) in [6.07, 6.45) is 0. The first-order chi connectivity index (χ1) is 3.77. The highest BCUT2D eigenvalue weighted by Crippen LogP contribution is 2.00. The summed E-state index contributed by atoms with van der Waals surface area (Å²) in [6.45, 7) is 1.49. The molecule has 0 bridgehead atoms. The fourth-order valence-corrected chi connectivity index (χ4v) is 0.465. The molecule has 0 aromatic carbocycles. The number of carbonyl (C=O) groups is 1. The van der Waals surface area contributed by atoms with Crippen LogP contribution in [0.4, 0.5) is 0 Å². The molecule has 0 heterocycles. The summed E-state index contributed by atoms with van der Waals surface area (Å²) >= 11 is 0.990. The van der Waals surface area contributed by atoms with Gasteiger partial charge in [-0.25, -0.2) is 4.89 Å². The van der Waals surface area contributed by atoms with Gasteiger partial charge in [0.15, 0.2) is 0 Å². The van der Waals surface area contributed by atoms with E-state index < -0.39 is 0 Å². The number of Topliss-reactive ketones (excluding diaryl/α,β-unsaturated/α-hetero) is 1. The summed E-state index contributed by atoms with van der Waals surface area (Å²) in [5.41, 5.74) is 0. The first-order valence-corrected chi connectivity index (χ1v) is 3.00. The molecule has 0 unspecified atom stereocenters. The number of carbonyl (C=O) groups excluding carboxylic acids is 1. The Hall–Kier alpha value is -0.0600. The van der Waals surface area contributed by atoms with Gasteiger partial charge in [0.25, 0.3) is 0 Å². The van der Waals surface area contributed by atoms with E-state index in [-0.39, 0.29) is 5.78 Å². The van der Waals surface area contributed by atoms with Gasteiger partial charge in [0.1, 0.15) is 5.78 Å². The Morgan fingerprint density at radius 3 is 2.75 bits per heavy atom. The van der Waals surface area contributed by atoms with E-state index in [1.165, 1.54) is 14.0 Å². The van der Waals surface area contributed by atoms with Crippen LogP contribution in [0.1, 0.15) is 6.92 Å². The van der Waals surface area contributed by atoms with Gasteiger partial charge in [0.2, 0.25) is 0 Å². The van der Waals surface area contributed by atoms with E-state index in [2.05, 4.69) is 9.22 Å². The highest BCUT2D eigenvalue weighted by molar-refractivity contribution is 7.95. The molecular weight excluding hydrogens is 128 g/mol. The van der Waals surface area contributed by atoms with Crippen LogP contribution in [0, 0.1) is 0 Å². The van der Waals surface area contributed by atoms with Crippen LogP contribution in [-0.2, 0) is 14.0 Å². The molecule has 0 aromatic heterocycles. The molecule has 0 rings (SSSR count). The van der Waals surface area contributed by atoms with Crippen LogP contribution in [0.15, 0.2) is 0 Å². The zero-order chi connectivity index (χ0) is 6.41. The van der Waals surface area contributed by atoms with Gasteiger partial charge in [-0.05, 0) is 6.92 Å². The summed E-state index contributed by atoms with van der Waals surface area (Å²) in [7, 11) is 1.40. The highest BCUT2D eigenvalue weighted by Gasteiger charge is 1.91. The summed E-state index contributed by atoms with van der Waals surface area (Å²) in [5, 5.41) is 0. The lowest BCUT2D eigenvalue weighted by molar-refractivity contribution is -0.160. The standard InChI is InChI=1S/C4H8O3S/c1-4(5)3-8-7-6-2/h3H2,1-2H3. The summed E-state index contributed by atoms with van der Waals surface area (Å²) in [5.74, 6) is 0.417. The first-order valence-electron chi connectivity index (χ1n) is 2.09. The quantitative estimate of drug-likeness (QED) is 0.248. The predicted molar refractivity (Wildman–Crippen MR) is 31.2 cm³/mol. The van der Waals surface area contributed by atoms with Gasteiger partial charge in [0.05, 0.1) is 12.9 Å². The Kier molecular flexibility index (Phi) is 5.05. The summed E-state index contributed by atoms with van der Waals surface area (Å²) < 4.78 is 4.34. The summed E-state index contributed by atoms with van der Waals surface area (Å²) in [6, 6.07) is 0. The van der Waals surface area contributed by atoms with E-state index >= 15 is 0 Å². The Morgan fingerprint density at radius 1 is 1.75 bits per heavy atom. The van der Waals surface area contributed by atoms with E-state index in [0.717, 1.165) is 12.0 Å². The molecule has 0 atom stereocenters. The van der Waals surface area contributed by atoms with Gasteiger partial charge in [-0.3, -0.25) is 4.79 Å². The minimum atomic E-state index is 0.0760. The Morgan fingerprint density at radius 2 is 2.38 bits per heavy atom. The maximum atomic E-state index is 10.2. The van der Waals surface area contributed by atoms with Crippen molar-refractivity contribution in [3.63, 3.8) is 0 Å². The van der Waals surface area contributed by atoms with Crippen molar-refractivity contribution >= 4 is 17.8 Å². The third kappa shape index (κ3) is 5.94. The van der Waals surface area contributed by atoms with E-state index in [9.17, 15) is 4.79 Å². The Balaban J connectivity index is 2.82. The van der Waals surface area contributed by atoms with Crippen molar-refractivity contribution in [2.24, 2.45) is 0 Å². The SMILES string of the molecule is COOSCC(C)=O. The molecule has 0 fully saturated rings. The minimum absolute atomic E-state index is 0.0760. The average Bonchev–Trinajstić information content (AvgIpc) is 1.66. The molecule has 0 aliphatic heterocycles. The second-order valence-corrected chi connectivity index (χ2v) is 1.86. The molecule has 0 aromatic rings. The molecule has 0 saturated heterocycles. The van der Waals surface area contributed by atoms with Crippen LogP contribution in [0.25, 0.3) is 0 Å². The van der Waals surface area contributed by atoms with E-state index in [1.54, 1.807) is 0 Å². The topological polar surface area (TPSA) is 35.5 Å². The molecule has 0 amide bonds. The van der Waals surface area contributed by atoms with Crippen LogP contribution < -0.4 is 0 Å². The molecule has 0 aliphatic rings. The Bertz CT molecular complexity index is 73.7. The predicted octanol–water partition coefficient (Wildman–Crippen LogP) is 0.802. The van der Waals surface area contributed by atoms with Crippen molar-refractivity contribution in [1.82, 2.24) is 0 Å². The van der Waals surface area contributed by atoms with Crippen molar-refractivity contribution in [2.45, 2.75) is 6.92 Å². The van der Waals surface area contributed by atoms with Crippen LogP contribution >= 0.6 is 12.0 Å². The number of hydrogen-bond donors (Lipinski definition) is 0. The first kappa shape index (κ1) is 7.94. The van der Waals surface area contributed by atoms with Gasteiger partial charge >= 0.3 is 0 Å². The normalized spacial score (nSPS) is 9.25. The Labute approximate surface area is 52.5 Å². The minimum Gasteiger partial charge on any atom is -0.299 e. The molecule has 4 heteroatoms. The van der Waals surface area contributed by atoms with Crippen molar-refractivity contribution in [1.29, 1.82) is 0 Å². The van der Waals surface area contributed by atoms with Gasteiger partial charge < -0.3 is 0 Å². The monoisotopic (exact) mass is 136 g/mol. The molecule has 0 spiro atoms. The van der Waals surface area contributed by atoms with E-state index in [4.69, 9.17) is 0 Å². The zero-order valence-corrected chi connectivity index (χ0v) is 5.66. The number of hydrogen-bond acceptors (Lipinski definition) is 4. The fraction of sp³-hybridized carbons (Fsp3) is 0.750. The van der Waals surface area contributed by atoms with Crippen molar-refractivity contribution in [3.8, 4) is 0 Å². The lowest BCUT2D eigenvalue weighted by Crippen LogP contribution is -1.93. The largest absolute Gasteiger partial charge is 0.299 e. The lowest BCUT2D eigenvalue weighted by atomic mass is 10.5. The molecular formula is C4H8O3S. The second-order valence-electron chi connectivity index (χ2n) is 1.20. The molecule has 0 aliphatic carbocycles. The van der Waals surface area contributed by atoms with Crippen molar-refractivity contribution in [3.05, 3.63) is 0 Å². The molecule has 0 N–H and O–H groups in total. The van der Waals surface area contributed by atoms with Crippen molar-refractivity contribution < 1.29 is 14.0 Å². The third-order valence-electron chi connectivity index (χ3n) is 0.378. The fourth-order valence-electron chi connectivity index (χ4n) is 0.155. The van der Waals surface area contributed by atoms with Gasteiger partial charge in [-0.2, -0.15) is 4.33 Å². The maximum Gasteiger partial charge on any atom is 0.142 e. The molecule has 48 valence electrons. The maximum absolute atomic E-state index is 10.2. The lowest BCUT2D eigenvalue weighted by Gasteiger charge is -1.91. The molecule has 3 nitrogen and oxygen atoms in total. The highest BCUT2D eigenvalue weighted by atomic mass is 32.2. The van der Waals surface area contributed by atoms with E-state index in [1.807, 2.05) is 0 Å². The van der Waals surface area contributed by atoms with Gasteiger partial charge in [-0.1, -0.05) is 0 Å². The molecule has 0 saturated carbocycles. The van der Waals surface area contributed by atoms with Crippen LogP contribution in [0.2, 0.25) is 0 Å². The summed E-state index contributed by atoms with van der Waals surface area (Å²) in [4.78, 5) is 14.4. The molecule has 8 heavy (non-hydrogen) atoms. The second kappa shape index (κ2) is 5.08. The van der Waals surface area contributed by atoms with Crippen molar-refractivity contribution in [2.75, 3.05) is 12.9 Å². The molecule has 0 radical (unpaired) electrons. The third-order valence-corrected chi connectivity index (χ3v) is 1.14. The number of ketones is 1. The van der Waals surface area contributed by atoms with Crippen LogP contribution in [-0.4, -0.2) is 18.6 Å². The number of rotatable bonds is 4. The van der Waals surface area contributed by atoms with Crippen LogP contribution in [0.3, 0.4) is 0 Å². The smallest absolute Gasteiger partial charge is 0.142 e. The van der Waals surface area contributed by atoms with E-state index in [0.29, 0.717) is 5.75 Å². The van der Waals surface area contributed by atoms with Crippen LogP contribution in [0.5, 0.6) is 0 Å². The average molecular weight is 136 g/mol. The van der Waals surface area contributed by atoms with Gasteiger partial charge in [0, 0.05) is 12.0 Å². The zero-order valence-electron chi connectivity index (χ0n) is 4.84.